The highest BCUT2D eigenvalue weighted by atomic mass is 16.6. The molecule has 2 N–H and O–H groups in total. The maximum Gasteiger partial charge on any atom is 0.408 e. The lowest BCUT2D eigenvalue weighted by molar-refractivity contribution is -0.156. The van der Waals surface area contributed by atoms with Crippen LogP contribution in [0.1, 0.15) is 57.6 Å². The molecule has 2 aromatic carbocycles. The van der Waals surface area contributed by atoms with E-state index < -0.39 is 42.0 Å². The number of esters is 1. The molecule has 200 valence electrons. The van der Waals surface area contributed by atoms with Gasteiger partial charge in [-0.05, 0) is 51.2 Å². The van der Waals surface area contributed by atoms with Crippen LogP contribution in [0.15, 0.2) is 60.7 Å². The maximum atomic E-state index is 12.8. The van der Waals surface area contributed by atoms with Gasteiger partial charge in [-0.2, -0.15) is 0 Å². The first kappa shape index (κ1) is 29.4. The fourth-order valence-corrected chi connectivity index (χ4v) is 3.30. The number of ketones is 1. The predicted octanol–water partition coefficient (Wildman–Crippen LogP) is 4.68. The Labute approximate surface area is 217 Å². The fraction of sp³-hybridized carbons (Fsp3) is 0.429. The highest BCUT2D eigenvalue weighted by molar-refractivity contribution is 5.99. The van der Waals surface area contributed by atoms with Crippen molar-refractivity contribution in [3.63, 3.8) is 0 Å². The topological polar surface area (TPSA) is 120 Å². The highest BCUT2D eigenvalue weighted by Crippen LogP contribution is 2.11. The fourth-order valence-electron chi connectivity index (χ4n) is 3.30. The molecule has 0 heterocycles. The summed E-state index contributed by atoms with van der Waals surface area (Å²) < 4.78 is 15.6. The zero-order chi connectivity index (χ0) is 27.1. The Kier molecular flexibility index (Phi) is 12.1. The van der Waals surface area contributed by atoms with Gasteiger partial charge in [0.2, 0.25) is 0 Å². The number of rotatable bonds is 13. The van der Waals surface area contributed by atoms with E-state index in [4.69, 9.17) is 14.2 Å². The monoisotopic (exact) mass is 512 g/mol. The number of ether oxygens (including phenoxy) is 3. The molecule has 0 radical (unpaired) electrons. The third-order valence-corrected chi connectivity index (χ3v) is 5.03. The van der Waals surface area contributed by atoms with Crippen molar-refractivity contribution in [2.45, 2.75) is 71.3 Å². The number of benzene rings is 2. The van der Waals surface area contributed by atoms with Crippen molar-refractivity contribution in [3.05, 3.63) is 71.8 Å². The number of Topliss-reactive ketones (excluding diaryl/α,β-unsaturated/α-hetero) is 1. The van der Waals surface area contributed by atoms with Crippen LogP contribution in [-0.4, -0.2) is 42.1 Å². The molecule has 1 atom stereocenters. The van der Waals surface area contributed by atoms with Crippen LogP contribution in [0.3, 0.4) is 0 Å². The number of hydrogen-bond donors (Lipinski definition) is 2. The van der Waals surface area contributed by atoms with Crippen molar-refractivity contribution in [2.24, 2.45) is 0 Å². The standard InChI is InChI=1S/C28H36N2O7/c1-28(2,3)37-25(32)18-24(31)23(30-27(34)36-20-22-14-8-5-9-15-22)16-10-11-17-29-26(33)35-19-21-12-6-4-7-13-21/h4-9,12-15,23H,10-11,16-20H2,1-3H3,(H,29,33)(H,30,34)/t23-/m0/s1. The van der Waals surface area contributed by atoms with Crippen molar-refractivity contribution < 1.29 is 33.4 Å². The molecule has 0 aliphatic rings. The Bertz CT molecular complexity index is 1000. The van der Waals surface area contributed by atoms with E-state index in [9.17, 15) is 19.2 Å². The molecule has 0 unspecified atom stereocenters. The first-order valence-corrected chi connectivity index (χ1v) is 12.3. The number of amides is 2. The lowest BCUT2D eigenvalue weighted by Gasteiger charge is -2.21. The molecule has 0 spiro atoms. The highest BCUT2D eigenvalue weighted by Gasteiger charge is 2.26. The molecule has 0 bridgehead atoms. The van der Waals surface area contributed by atoms with E-state index >= 15 is 0 Å². The normalized spacial score (nSPS) is 11.6. The third-order valence-electron chi connectivity index (χ3n) is 5.03. The zero-order valence-corrected chi connectivity index (χ0v) is 21.7. The van der Waals surface area contributed by atoms with Crippen molar-refractivity contribution in [1.82, 2.24) is 10.6 Å². The molecule has 2 aromatic rings. The second-order valence-corrected chi connectivity index (χ2v) is 9.47. The summed E-state index contributed by atoms with van der Waals surface area (Å²) in [5, 5.41) is 5.22. The third kappa shape index (κ3) is 13.1. The Morgan fingerprint density at radius 3 is 1.86 bits per heavy atom. The van der Waals surface area contributed by atoms with E-state index in [1.807, 2.05) is 60.7 Å². The summed E-state index contributed by atoms with van der Waals surface area (Å²) in [7, 11) is 0. The van der Waals surface area contributed by atoms with Gasteiger partial charge in [-0.25, -0.2) is 9.59 Å². The molecule has 37 heavy (non-hydrogen) atoms. The molecule has 9 nitrogen and oxygen atoms in total. The van der Waals surface area contributed by atoms with Crippen LogP contribution < -0.4 is 10.6 Å². The van der Waals surface area contributed by atoms with E-state index in [1.165, 1.54) is 0 Å². The predicted molar refractivity (Wildman–Crippen MR) is 138 cm³/mol. The average Bonchev–Trinajstić information content (AvgIpc) is 2.85. The molecular formula is C28H36N2O7. The van der Waals surface area contributed by atoms with Gasteiger partial charge in [0.15, 0.2) is 5.78 Å². The molecule has 0 saturated carbocycles. The number of carbonyl (C=O) groups is 4. The van der Waals surface area contributed by atoms with Gasteiger partial charge in [0, 0.05) is 6.54 Å². The summed E-state index contributed by atoms with van der Waals surface area (Å²) in [6, 6.07) is 17.5. The molecule has 0 aliphatic carbocycles. The summed E-state index contributed by atoms with van der Waals surface area (Å²) >= 11 is 0. The van der Waals surface area contributed by atoms with Gasteiger partial charge in [-0.1, -0.05) is 60.7 Å². The van der Waals surface area contributed by atoms with Crippen molar-refractivity contribution in [3.8, 4) is 0 Å². The summed E-state index contributed by atoms with van der Waals surface area (Å²) in [6.45, 7) is 5.69. The molecule has 0 aliphatic heterocycles. The molecular weight excluding hydrogens is 476 g/mol. The van der Waals surface area contributed by atoms with Crippen molar-refractivity contribution >= 4 is 23.9 Å². The summed E-state index contributed by atoms with van der Waals surface area (Å²) in [5.74, 6) is -1.13. The maximum absolute atomic E-state index is 12.8. The largest absolute Gasteiger partial charge is 0.460 e. The molecule has 0 saturated heterocycles. The van der Waals surface area contributed by atoms with Crippen molar-refractivity contribution in [2.75, 3.05) is 6.54 Å². The Hall–Kier alpha value is -3.88. The molecule has 2 amide bonds. The van der Waals surface area contributed by atoms with E-state index in [0.717, 1.165) is 11.1 Å². The number of nitrogens with one attached hydrogen (secondary N) is 2. The molecule has 0 fully saturated rings. The Morgan fingerprint density at radius 1 is 0.784 bits per heavy atom. The Balaban J connectivity index is 1.80. The SMILES string of the molecule is CC(C)(C)OC(=O)CC(=O)[C@H](CCCCNC(=O)OCc1ccccc1)NC(=O)OCc1ccccc1. The van der Waals surface area contributed by atoms with E-state index in [-0.39, 0.29) is 19.6 Å². The summed E-state index contributed by atoms with van der Waals surface area (Å²) in [5.41, 5.74) is 0.962. The number of hydrogen-bond acceptors (Lipinski definition) is 7. The van der Waals surface area contributed by atoms with E-state index in [1.54, 1.807) is 20.8 Å². The number of alkyl carbamates (subject to hydrolysis) is 2. The Morgan fingerprint density at radius 2 is 1.32 bits per heavy atom. The van der Waals surface area contributed by atoms with Crippen LogP contribution in [-0.2, 0) is 37.0 Å². The second kappa shape index (κ2) is 15.3. The lowest BCUT2D eigenvalue weighted by Crippen LogP contribution is -2.42. The summed E-state index contributed by atoms with van der Waals surface area (Å²) in [4.78, 5) is 49.1. The van der Waals surface area contributed by atoms with E-state index in [0.29, 0.717) is 19.4 Å². The lowest BCUT2D eigenvalue weighted by atomic mass is 10.0. The quantitative estimate of drug-likeness (QED) is 0.173. The smallest absolute Gasteiger partial charge is 0.408 e. The zero-order valence-electron chi connectivity index (χ0n) is 21.7. The van der Waals surface area contributed by atoms with Gasteiger partial charge in [0.05, 0.1) is 6.04 Å². The van der Waals surface area contributed by atoms with Crippen LogP contribution in [0.4, 0.5) is 9.59 Å². The van der Waals surface area contributed by atoms with Crippen LogP contribution >= 0.6 is 0 Å². The van der Waals surface area contributed by atoms with Crippen LogP contribution in [0.2, 0.25) is 0 Å². The van der Waals surface area contributed by atoms with Gasteiger partial charge in [0.1, 0.15) is 25.2 Å². The minimum atomic E-state index is -0.930. The molecule has 9 heteroatoms. The molecule has 2 rings (SSSR count). The first-order valence-electron chi connectivity index (χ1n) is 12.3. The van der Waals surface area contributed by atoms with Crippen LogP contribution in [0.25, 0.3) is 0 Å². The molecule has 0 aromatic heterocycles. The first-order chi connectivity index (χ1) is 17.6. The average molecular weight is 513 g/mol. The second-order valence-electron chi connectivity index (χ2n) is 9.47. The number of unbranched alkanes of at least 4 members (excludes halogenated alkanes) is 1. The van der Waals surface area contributed by atoms with Crippen molar-refractivity contribution in [1.29, 1.82) is 0 Å². The number of carbonyl (C=O) groups excluding carboxylic acids is 4. The minimum Gasteiger partial charge on any atom is -0.460 e. The van der Waals surface area contributed by atoms with Gasteiger partial charge in [-0.3, -0.25) is 9.59 Å². The van der Waals surface area contributed by atoms with Gasteiger partial charge < -0.3 is 24.8 Å². The van der Waals surface area contributed by atoms with Gasteiger partial charge in [-0.15, -0.1) is 0 Å². The van der Waals surface area contributed by atoms with E-state index in [2.05, 4.69) is 10.6 Å². The van der Waals surface area contributed by atoms with Gasteiger partial charge >= 0.3 is 18.2 Å². The summed E-state index contributed by atoms with van der Waals surface area (Å²) in [6.07, 6.45) is -0.452. The van der Waals surface area contributed by atoms with Crippen LogP contribution in [0, 0.1) is 0 Å². The van der Waals surface area contributed by atoms with Crippen LogP contribution in [0.5, 0.6) is 0 Å². The van der Waals surface area contributed by atoms with Gasteiger partial charge in [0.25, 0.3) is 0 Å². The minimum absolute atomic E-state index is 0.0503.